The van der Waals surface area contributed by atoms with Crippen molar-refractivity contribution >= 4 is 37.9 Å². The van der Waals surface area contributed by atoms with E-state index in [4.69, 9.17) is 4.74 Å². The number of fused-ring (bicyclic) bond motifs is 1. The van der Waals surface area contributed by atoms with Gasteiger partial charge in [-0.05, 0) is 49.1 Å². The third kappa shape index (κ3) is 6.61. The first-order valence-corrected chi connectivity index (χ1v) is 13.9. The third-order valence-corrected chi connectivity index (χ3v) is 7.48. The number of carbonyl (C=O) groups excluding carboxylic acids is 1. The van der Waals surface area contributed by atoms with E-state index in [1.807, 2.05) is 6.07 Å². The van der Waals surface area contributed by atoms with Crippen molar-refractivity contribution in [3.63, 3.8) is 0 Å². The summed E-state index contributed by atoms with van der Waals surface area (Å²) in [7, 11) is -2.00. The quantitative estimate of drug-likeness (QED) is 0.405. The van der Waals surface area contributed by atoms with Gasteiger partial charge in [0.25, 0.3) is 0 Å². The second-order valence-electron chi connectivity index (χ2n) is 9.22. The zero-order valence-electron chi connectivity index (χ0n) is 21.0. The molecule has 0 aliphatic heterocycles. The summed E-state index contributed by atoms with van der Waals surface area (Å²) in [5, 5.41) is 7.05. The molecule has 0 amide bonds. The van der Waals surface area contributed by atoms with Gasteiger partial charge in [-0.3, -0.25) is 4.79 Å². The fraction of sp³-hybridized carbons (Fsp3) is 0.370. The molecular weight excluding hydrogens is 519 g/mol. The van der Waals surface area contributed by atoms with E-state index >= 15 is 0 Å². The standard InChI is InChI=1S/C27H28F3N3O4S/c1-37-26-16-21(38(2,35)36)12-13-24(26)31-14-4-5-19-15-22-23(32-18-8-10-20(34)11-9-18)6-3-7-25(22)33(19)17-27(28,29)30/h3,6-7,12-13,15-16,18,31-32H,8-11,14,17H2,1-2H3. The van der Waals surface area contributed by atoms with Crippen LogP contribution < -0.4 is 15.4 Å². The normalized spacial score (nSPS) is 14.7. The maximum absolute atomic E-state index is 13.5. The lowest BCUT2D eigenvalue weighted by Crippen LogP contribution is -2.26. The molecule has 0 atom stereocenters. The molecular formula is C27H28F3N3O4S. The van der Waals surface area contributed by atoms with Crippen LogP contribution in [0.15, 0.2) is 47.4 Å². The molecule has 0 bridgehead atoms. The van der Waals surface area contributed by atoms with Gasteiger partial charge in [0.15, 0.2) is 9.84 Å². The Morgan fingerprint density at radius 2 is 1.84 bits per heavy atom. The van der Waals surface area contributed by atoms with Gasteiger partial charge >= 0.3 is 6.18 Å². The first-order valence-electron chi connectivity index (χ1n) is 12.0. The van der Waals surface area contributed by atoms with Crippen molar-refractivity contribution in [2.24, 2.45) is 0 Å². The predicted molar refractivity (Wildman–Crippen MR) is 140 cm³/mol. The highest BCUT2D eigenvalue weighted by molar-refractivity contribution is 7.90. The average Bonchev–Trinajstić information content (AvgIpc) is 3.19. The van der Waals surface area contributed by atoms with Crippen molar-refractivity contribution in [2.75, 3.05) is 30.5 Å². The van der Waals surface area contributed by atoms with E-state index in [-0.39, 0.29) is 29.0 Å². The van der Waals surface area contributed by atoms with Crippen LogP contribution in [0.2, 0.25) is 0 Å². The molecule has 2 aromatic carbocycles. The van der Waals surface area contributed by atoms with E-state index in [0.717, 1.165) is 10.8 Å². The van der Waals surface area contributed by atoms with Gasteiger partial charge in [0.05, 0.1) is 35.4 Å². The summed E-state index contributed by atoms with van der Waals surface area (Å²) in [6.45, 7) is -1.10. The van der Waals surface area contributed by atoms with E-state index in [1.54, 1.807) is 24.3 Å². The second kappa shape index (κ2) is 11.0. The highest BCUT2D eigenvalue weighted by Gasteiger charge is 2.30. The maximum Gasteiger partial charge on any atom is 0.406 e. The van der Waals surface area contributed by atoms with Crippen molar-refractivity contribution in [1.82, 2.24) is 4.57 Å². The lowest BCUT2D eigenvalue weighted by atomic mass is 9.94. The zero-order valence-corrected chi connectivity index (χ0v) is 21.8. The van der Waals surface area contributed by atoms with Gasteiger partial charge in [-0.25, -0.2) is 8.42 Å². The first-order chi connectivity index (χ1) is 17.9. The number of hydrogen-bond acceptors (Lipinski definition) is 6. The number of carbonyl (C=O) groups is 1. The Balaban J connectivity index is 1.60. The summed E-state index contributed by atoms with van der Waals surface area (Å²) in [6, 6.07) is 11.3. The van der Waals surface area contributed by atoms with Gasteiger partial charge in [-0.15, -0.1) is 0 Å². The summed E-state index contributed by atoms with van der Waals surface area (Å²) in [5.41, 5.74) is 1.84. The molecule has 0 unspecified atom stereocenters. The van der Waals surface area contributed by atoms with E-state index < -0.39 is 22.6 Å². The number of methoxy groups -OCH3 is 1. The molecule has 11 heteroatoms. The van der Waals surface area contributed by atoms with Crippen LogP contribution in [0.1, 0.15) is 31.4 Å². The van der Waals surface area contributed by atoms with Crippen LogP contribution in [-0.2, 0) is 21.2 Å². The molecule has 0 radical (unpaired) electrons. The summed E-state index contributed by atoms with van der Waals surface area (Å²) in [5.74, 6) is 6.24. The fourth-order valence-corrected chi connectivity index (χ4v) is 5.13. The summed E-state index contributed by atoms with van der Waals surface area (Å²) < 4.78 is 70.4. The molecule has 7 nitrogen and oxygen atoms in total. The molecule has 1 aliphatic carbocycles. The van der Waals surface area contributed by atoms with Crippen molar-refractivity contribution in [1.29, 1.82) is 0 Å². The Morgan fingerprint density at radius 1 is 1.11 bits per heavy atom. The lowest BCUT2D eigenvalue weighted by molar-refractivity contribution is -0.140. The number of hydrogen-bond donors (Lipinski definition) is 2. The Kier molecular flexibility index (Phi) is 7.92. The molecule has 202 valence electrons. The van der Waals surface area contributed by atoms with Crippen LogP contribution in [0, 0.1) is 11.8 Å². The summed E-state index contributed by atoms with van der Waals surface area (Å²) >= 11 is 0. The average molecular weight is 548 g/mol. The molecule has 38 heavy (non-hydrogen) atoms. The minimum absolute atomic E-state index is 0.0760. The monoisotopic (exact) mass is 547 g/mol. The van der Waals surface area contributed by atoms with E-state index in [9.17, 15) is 26.4 Å². The molecule has 2 N–H and O–H groups in total. The summed E-state index contributed by atoms with van der Waals surface area (Å²) in [4.78, 5) is 11.7. The second-order valence-corrected chi connectivity index (χ2v) is 11.2. The van der Waals surface area contributed by atoms with Crippen molar-refractivity contribution in [2.45, 2.75) is 49.3 Å². The largest absolute Gasteiger partial charge is 0.495 e. The minimum atomic E-state index is -4.44. The number of nitrogens with zero attached hydrogens (tertiary/aromatic N) is 1. The van der Waals surface area contributed by atoms with Crippen LogP contribution in [0.3, 0.4) is 0 Å². The highest BCUT2D eigenvalue weighted by Crippen LogP contribution is 2.32. The van der Waals surface area contributed by atoms with Gasteiger partial charge in [0.1, 0.15) is 18.1 Å². The Morgan fingerprint density at radius 3 is 2.50 bits per heavy atom. The Labute approximate surface area is 219 Å². The number of sulfone groups is 1. The van der Waals surface area contributed by atoms with Gasteiger partial charge in [0, 0.05) is 42.3 Å². The van der Waals surface area contributed by atoms with Gasteiger partial charge < -0.3 is 19.9 Å². The molecule has 4 rings (SSSR count). The summed E-state index contributed by atoms with van der Waals surface area (Å²) in [6.07, 6.45) is -0.987. The Bertz CT molecular complexity index is 1510. The minimum Gasteiger partial charge on any atom is -0.495 e. The zero-order chi connectivity index (χ0) is 27.5. The lowest BCUT2D eigenvalue weighted by Gasteiger charge is -2.23. The highest BCUT2D eigenvalue weighted by atomic mass is 32.2. The molecule has 0 spiro atoms. The topological polar surface area (TPSA) is 89.4 Å². The molecule has 1 aliphatic rings. The number of halogens is 3. The van der Waals surface area contributed by atoms with Crippen LogP contribution in [-0.4, -0.2) is 50.9 Å². The third-order valence-electron chi connectivity index (χ3n) is 6.37. The number of ether oxygens (including phenoxy) is 1. The van der Waals surface area contributed by atoms with E-state index in [0.29, 0.717) is 53.7 Å². The molecule has 1 aromatic heterocycles. The van der Waals surface area contributed by atoms with E-state index in [1.165, 1.54) is 19.2 Å². The Hall–Kier alpha value is -3.65. The number of nitrogens with one attached hydrogen (secondary N) is 2. The van der Waals surface area contributed by atoms with Crippen molar-refractivity contribution < 1.29 is 31.1 Å². The predicted octanol–water partition coefficient (Wildman–Crippen LogP) is 5.00. The van der Waals surface area contributed by atoms with Crippen LogP contribution in [0.5, 0.6) is 5.75 Å². The smallest absolute Gasteiger partial charge is 0.406 e. The molecule has 1 saturated carbocycles. The van der Waals surface area contributed by atoms with Gasteiger partial charge in [0.2, 0.25) is 0 Å². The van der Waals surface area contributed by atoms with Crippen molar-refractivity contribution in [3.05, 3.63) is 48.2 Å². The number of Topliss-reactive ketones (excluding diaryl/α,β-unsaturated/α-hetero) is 1. The molecule has 1 fully saturated rings. The maximum atomic E-state index is 13.5. The number of rotatable bonds is 7. The number of anilines is 2. The number of aromatic nitrogens is 1. The molecule has 1 heterocycles. The first kappa shape index (κ1) is 27.4. The number of benzene rings is 2. The molecule has 0 saturated heterocycles. The van der Waals surface area contributed by atoms with Crippen LogP contribution in [0.4, 0.5) is 24.5 Å². The van der Waals surface area contributed by atoms with Crippen LogP contribution >= 0.6 is 0 Å². The van der Waals surface area contributed by atoms with Gasteiger partial charge in [-0.1, -0.05) is 12.0 Å². The van der Waals surface area contributed by atoms with Gasteiger partial charge in [-0.2, -0.15) is 13.2 Å². The molecule has 3 aromatic rings. The van der Waals surface area contributed by atoms with Crippen molar-refractivity contribution in [3.8, 4) is 17.6 Å². The number of ketones is 1. The fourth-order valence-electron chi connectivity index (χ4n) is 4.49. The van der Waals surface area contributed by atoms with Crippen LogP contribution in [0.25, 0.3) is 10.9 Å². The SMILES string of the molecule is COc1cc(S(C)(=O)=O)ccc1NCC#Cc1cc2c(NC3CCC(=O)CC3)cccc2n1CC(F)(F)F. The van der Waals surface area contributed by atoms with E-state index in [2.05, 4.69) is 22.5 Å². The number of alkyl halides is 3.